The van der Waals surface area contributed by atoms with Crippen molar-refractivity contribution in [1.82, 2.24) is 5.32 Å². The lowest BCUT2D eigenvalue weighted by Gasteiger charge is -2.07. The first-order valence-corrected chi connectivity index (χ1v) is 6.36. The summed E-state index contributed by atoms with van der Waals surface area (Å²) in [6.45, 7) is 6.72. The van der Waals surface area contributed by atoms with Gasteiger partial charge in [0.1, 0.15) is 0 Å². The molecule has 14 heavy (non-hydrogen) atoms. The van der Waals surface area contributed by atoms with E-state index in [9.17, 15) is 0 Å². The van der Waals surface area contributed by atoms with E-state index in [1.165, 1.54) is 8.66 Å². The van der Waals surface area contributed by atoms with Gasteiger partial charge in [-0.05, 0) is 41.9 Å². The maximum Gasteiger partial charge on any atom is 0.0701 e. The molecule has 4 heteroatoms. The zero-order valence-electron chi connectivity index (χ0n) is 8.55. The second-order valence-corrected chi connectivity index (χ2v) is 5.85. The third-order valence-corrected chi connectivity index (χ3v) is 3.28. The minimum Gasteiger partial charge on any atom is -0.377 e. The van der Waals surface area contributed by atoms with Crippen molar-refractivity contribution in [3.8, 4) is 0 Å². The predicted molar refractivity (Wildman–Crippen MR) is 64.8 cm³/mol. The molecule has 0 aliphatic heterocycles. The minimum absolute atomic E-state index is 0.327. The highest BCUT2D eigenvalue weighted by atomic mass is 79.9. The standard InChI is InChI=1S/C10H16BrNOS/c1-8(2)13-6-5-12-7-9-3-4-10(11)14-9/h3-4,8,12H,5-7H2,1-2H3. The van der Waals surface area contributed by atoms with Gasteiger partial charge in [-0.15, -0.1) is 11.3 Å². The number of halogens is 1. The Balaban J connectivity index is 2.04. The van der Waals surface area contributed by atoms with Gasteiger partial charge in [-0.3, -0.25) is 0 Å². The number of thiophene rings is 1. The Hall–Kier alpha value is 0.1000. The van der Waals surface area contributed by atoms with Gasteiger partial charge in [0.05, 0.1) is 16.5 Å². The molecule has 0 spiro atoms. The molecule has 0 saturated carbocycles. The summed E-state index contributed by atoms with van der Waals surface area (Å²) in [5.74, 6) is 0. The molecule has 1 heterocycles. The van der Waals surface area contributed by atoms with Crippen LogP contribution in [0.15, 0.2) is 15.9 Å². The maximum absolute atomic E-state index is 5.42. The van der Waals surface area contributed by atoms with E-state index in [0.717, 1.165) is 19.7 Å². The zero-order chi connectivity index (χ0) is 10.4. The van der Waals surface area contributed by atoms with Crippen LogP contribution in [-0.4, -0.2) is 19.3 Å². The van der Waals surface area contributed by atoms with Gasteiger partial charge >= 0.3 is 0 Å². The Morgan fingerprint density at radius 3 is 2.86 bits per heavy atom. The van der Waals surface area contributed by atoms with Crippen LogP contribution in [0.5, 0.6) is 0 Å². The molecule has 0 atom stereocenters. The largest absolute Gasteiger partial charge is 0.377 e. The first-order chi connectivity index (χ1) is 6.68. The molecule has 0 unspecified atom stereocenters. The molecule has 0 saturated heterocycles. The molecular formula is C10H16BrNOS. The summed E-state index contributed by atoms with van der Waals surface area (Å²) in [5, 5.41) is 3.33. The fraction of sp³-hybridized carbons (Fsp3) is 0.600. The Labute approximate surface area is 97.8 Å². The van der Waals surface area contributed by atoms with E-state index in [4.69, 9.17) is 4.74 Å². The van der Waals surface area contributed by atoms with E-state index >= 15 is 0 Å². The summed E-state index contributed by atoms with van der Waals surface area (Å²) in [6, 6.07) is 4.21. The average molecular weight is 278 g/mol. The summed E-state index contributed by atoms with van der Waals surface area (Å²) < 4.78 is 6.60. The summed E-state index contributed by atoms with van der Waals surface area (Å²) in [6.07, 6.45) is 0.327. The molecule has 0 aromatic carbocycles. The second kappa shape index (κ2) is 6.56. The summed E-state index contributed by atoms with van der Waals surface area (Å²) in [4.78, 5) is 1.35. The highest BCUT2D eigenvalue weighted by molar-refractivity contribution is 9.11. The normalized spacial score (nSPS) is 11.1. The van der Waals surface area contributed by atoms with Crippen LogP contribution >= 0.6 is 27.3 Å². The molecule has 0 aliphatic carbocycles. The molecule has 2 nitrogen and oxygen atoms in total. The van der Waals surface area contributed by atoms with Crippen molar-refractivity contribution in [3.05, 3.63) is 20.8 Å². The number of hydrogen-bond donors (Lipinski definition) is 1. The maximum atomic E-state index is 5.42. The smallest absolute Gasteiger partial charge is 0.0701 e. The third-order valence-electron chi connectivity index (χ3n) is 1.66. The van der Waals surface area contributed by atoms with Crippen molar-refractivity contribution in [2.45, 2.75) is 26.5 Å². The molecule has 80 valence electrons. The lowest BCUT2D eigenvalue weighted by atomic mass is 10.4. The molecule has 1 N–H and O–H groups in total. The lowest BCUT2D eigenvalue weighted by molar-refractivity contribution is 0.0807. The molecule has 1 aromatic heterocycles. The van der Waals surface area contributed by atoms with Crippen molar-refractivity contribution in [3.63, 3.8) is 0 Å². The van der Waals surface area contributed by atoms with E-state index < -0.39 is 0 Å². The van der Waals surface area contributed by atoms with Crippen LogP contribution in [0.25, 0.3) is 0 Å². The van der Waals surface area contributed by atoms with Crippen LogP contribution in [0.4, 0.5) is 0 Å². The number of ether oxygens (including phenoxy) is 1. The lowest BCUT2D eigenvalue weighted by Crippen LogP contribution is -2.20. The fourth-order valence-corrected chi connectivity index (χ4v) is 2.48. The van der Waals surface area contributed by atoms with Crippen molar-refractivity contribution < 1.29 is 4.74 Å². The predicted octanol–water partition coefficient (Wildman–Crippen LogP) is 3.03. The Morgan fingerprint density at radius 1 is 1.50 bits per heavy atom. The Kier molecular flexibility index (Phi) is 5.70. The van der Waals surface area contributed by atoms with Gasteiger partial charge in [0.15, 0.2) is 0 Å². The molecule has 1 aromatic rings. The molecule has 0 radical (unpaired) electrons. The van der Waals surface area contributed by atoms with Crippen molar-refractivity contribution >= 4 is 27.3 Å². The van der Waals surface area contributed by atoms with Crippen LogP contribution in [-0.2, 0) is 11.3 Å². The highest BCUT2D eigenvalue weighted by Gasteiger charge is 1.97. The average Bonchev–Trinajstić information content (AvgIpc) is 2.50. The first-order valence-electron chi connectivity index (χ1n) is 4.75. The highest BCUT2D eigenvalue weighted by Crippen LogP contribution is 2.21. The van der Waals surface area contributed by atoms with Crippen LogP contribution < -0.4 is 5.32 Å². The molecule has 0 amide bonds. The summed E-state index contributed by atoms with van der Waals surface area (Å²) in [7, 11) is 0. The Bertz CT molecular complexity index is 262. The second-order valence-electron chi connectivity index (χ2n) is 3.30. The van der Waals surface area contributed by atoms with Crippen molar-refractivity contribution in [2.24, 2.45) is 0 Å². The molecular weight excluding hydrogens is 262 g/mol. The monoisotopic (exact) mass is 277 g/mol. The summed E-state index contributed by atoms with van der Waals surface area (Å²) in [5.41, 5.74) is 0. The molecule has 0 fully saturated rings. The first kappa shape index (κ1) is 12.2. The van der Waals surface area contributed by atoms with E-state index in [1.807, 2.05) is 0 Å². The third kappa shape index (κ3) is 5.10. The quantitative estimate of drug-likeness (QED) is 0.808. The summed E-state index contributed by atoms with van der Waals surface area (Å²) >= 11 is 5.21. The van der Waals surface area contributed by atoms with Gasteiger partial charge in [0.25, 0.3) is 0 Å². The van der Waals surface area contributed by atoms with E-state index in [-0.39, 0.29) is 0 Å². The SMILES string of the molecule is CC(C)OCCNCc1ccc(Br)s1. The van der Waals surface area contributed by atoms with Crippen molar-refractivity contribution in [1.29, 1.82) is 0 Å². The van der Waals surface area contributed by atoms with Gasteiger partial charge in [-0.2, -0.15) is 0 Å². The van der Waals surface area contributed by atoms with Crippen LogP contribution in [0.3, 0.4) is 0 Å². The number of hydrogen-bond acceptors (Lipinski definition) is 3. The molecule has 1 rings (SSSR count). The van der Waals surface area contributed by atoms with Crippen LogP contribution in [0, 0.1) is 0 Å². The zero-order valence-corrected chi connectivity index (χ0v) is 11.0. The fourth-order valence-electron chi connectivity index (χ4n) is 1.03. The van der Waals surface area contributed by atoms with E-state index in [1.54, 1.807) is 11.3 Å². The number of rotatable bonds is 6. The van der Waals surface area contributed by atoms with Gasteiger partial charge in [-0.1, -0.05) is 0 Å². The molecule has 0 aliphatic rings. The van der Waals surface area contributed by atoms with E-state index in [2.05, 4.69) is 47.2 Å². The van der Waals surface area contributed by atoms with Gasteiger partial charge in [-0.25, -0.2) is 0 Å². The van der Waals surface area contributed by atoms with Crippen LogP contribution in [0.2, 0.25) is 0 Å². The van der Waals surface area contributed by atoms with Gasteiger partial charge in [0.2, 0.25) is 0 Å². The molecule has 0 bridgehead atoms. The van der Waals surface area contributed by atoms with Crippen LogP contribution in [0.1, 0.15) is 18.7 Å². The topological polar surface area (TPSA) is 21.3 Å². The number of nitrogens with one attached hydrogen (secondary N) is 1. The van der Waals surface area contributed by atoms with Crippen molar-refractivity contribution in [2.75, 3.05) is 13.2 Å². The minimum atomic E-state index is 0.327. The van der Waals surface area contributed by atoms with Gasteiger partial charge < -0.3 is 10.1 Å². The van der Waals surface area contributed by atoms with Gasteiger partial charge in [0, 0.05) is 18.0 Å². The van der Waals surface area contributed by atoms with E-state index in [0.29, 0.717) is 6.10 Å². The Morgan fingerprint density at radius 2 is 2.29 bits per heavy atom.